The van der Waals surface area contributed by atoms with Gasteiger partial charge in [0, 0.05) is 55.8 Å². The van der Waals surface area contributed by atoms with Gasteiger partial charge in [0.05, 0.1) is 6.20 Å². The van der Waals surface area contributed by atoms with Crippen molar-refractivity contribution in [2.45, 2.75) is 51.6 Å². The standard InChI is InChI=1S/C24H36FN5O/c1-24(23(31)30(4)16-18-5-7-21(25)8-6-18)11-9-19(10-12-24)22-20(15-27-28-22)17-29(3)14-13-26-2/h5-8,15,19,26H,9-14,16-17H2,1-4H3,(H,27,28). The molecule has 2 aromatic rings. The second-order valence-electron chi connectivity index (χ2n) is 9.27. The van der Waals surface area contributed by atoms with Crippen LogP contribution >= 0.6 is 0 Å². The maximum Gasteiger partial charge on any atom is 0.228 e. The summed E-state index contributed by atoms with van der Waals surface area (Å²) in [6.45, 7) is 5.41. The molecule has 3 rings (SSSR count). The van der Waals surface area contributed by atoms with Crippen molar-refractivity contribution < 1.29 is 9.18 Å². The molecular formula is C24H36FN5O. The third-order valence-corrected chi connectivity index (χ3v) is 6.63. The van der Waals surface area contributed by atoms with Gasteiger partial charge in [-0.3, -0.25) is 9.89 Å². The maximum absolute atomic E-state index is 13.2. The quantitative estimate of drug-likeness (QED) is 0.640. The molecule has 0 unspecified atom stereocenters. The lowest BCUT2D eigenvalue weighted by Gasteiger charge is -2.38. The van der Waals surface area contributed by atoms with E-state index < -0.39 is 0 Å². The number of nitrogens with zero attached hydrogens (tertiary/aromatic N) is 3. The molecule has 1 heterocycles. The van der Waals surface area contributed by atoms with Crippen LogP contribution in [-0.2, 0) is 17.9 Å². The number of likely N-dealkylation sites (N-methyl/N-ethyl adjacent to an activating group) is 2. The van der Waals surface area contributed by atoms with E-state index in [4.69, 9.17) is 0 Å². The number of hydrogen-bond acceptors (Lipinski definition) is 4. The van der Waals surface area contributed by atoms with Crippen LogP contribution in [0.4, 0.5) is 4.39 Å². The average molecular weight is 430 g/mol. The number of rotatable bonds is 9. The number of carbonyl (C=O) groups excluding carboxylic acids is 1. The lowest BCUT2D eigenvalue weighted by atomic mass is 9.69. The molecule has 1 aliphatic rings. The predicted octanol–water partition coefficient (Wildman–Crippen LogP) is 3.52. The number of benzene rings is 1. The normalized spacial score (nSPS) is 21.4. The summed E-state index contributed by atoms with van der Waals surface area (Å²) in [4.78, 5) is 17.3. The molecule has 31 heavy (non-hydrogen) atoms. The SMILES string of the molecule is CNCCN(C)Cc1cn[nH]c1C1CCC(C)(C(=O)N(C)Cc2ccc(F)cc2)CC1. The largest absolute Gasteiger partial charge is 0.341 e. The number of halogens is 1. The highest BCUT2D eigenvalue weighted by Crippen LogP contribution is 2.44. The number of aromatic amines is 1. The molecule has 1 fully saturated rings. The lowest BCUT2D eigenvalue weighted by Crippen LogP contribution is -2.42. The molecule has 7 heteroatoms. The van der Waals surface area contributed by atoms with Crippen LogP contribution in [-0.4, -0.2) is 60.1 Å². The van der Waals surface area contributed by atoms with Gasteiger partial charge in [-0.1, -0.05) is 19.1 Å². The first-order chi connectivity index (χ1) is 14.8. The number of nitrogens with one attached hydrogen (secondary N) is 2. The Kier molecular flexibility index (Phi) is 7.84. The zero-order valence-corrected chi connectivity index (χ0v) is 19.2. The van der Waals surface area contributed by atoms with Gasteiger partial charge in [-0.05, 0) is 57.5 Å². The van der Waals surface area contributed by atoms with Gasteiger partial charge in [-0.25, -0.2) is 4.39 Å². The fourth-order valence-corrected chi connectivity index (χ4v) is 4.63. The van der Waals surface area contributed by atoms with E-state index in [-0.39, 0.29) is 17.1 Å². The van der Waals surface area contributed by atoms with Crippen molar-refractivity contribution in [2.75, 3.05) is 34.2 Å². The van der Waals surface area contributed by atoms with Gasteiger partial charge in [-0.2, -0.15) is 5.10 Å². The third kappa shape index (κ3) is 5.92. The summed E-state index contributed by atoms with van der Waals surface area (Å²) in [6, 6.07) is 6.37. The fraction of sp³-hybridized carbons (Fsp3) is 0.583. The van der Waals surface area contributed by atoms with Gasteiger partial charge < -0.3 is 15.1 Å². The third-order valence-electron chi connectivity index (χ3n) is 6.63. The van der Waals surface area contributed by atoms with Crippen LogP contribution in [0.5, 0.6) is 0 Å². The number of carbonyl (C=O) groups is 1. The minimum absolute atomic E-state index is 0.173. The van der Waals surface area contributed by atoms with Gasteiger partial charge in [0.25, 0.3) is 0 Å². The minimum atomic E-state index is -0.352. The minimum Gasteiger partial charge on any atom is -0.341 e. The van der Waals surface area contributed by atoms with Crippen LogP contribution in [0.15, 0.2) is 30.5 Å². The van der Waals surface area contributed by atoms with Crippen LogP contribution < -0.4 is 5.32 Å². The summed E-state index contributed by atoms with van der Waals surface area (Å²) in [5.74, 6) is 0.333. The zero-order valence-electron chi connectivity index (χ0n) is 19.2. The number of amides is 1. The van der Waals surface area contributed by atoms with E-state index in [1.54, 1.807) is 17.0 Å². The number of H-pyrrole nitrogens is 1. The molecular weight excluding hydrogens is 393 g/mol. The Hall–Kier alpha value is -2.25. The molecule has 1 aliphatic carbocycles. The lowest BCUT2D eigenvalue weighted by molar-refractivity contribution is -0.142. The summed E-state index contributed by atoms with van der Waals surface area (Å²) in [6.07, 6.45) is 5.61. The summed E-state index contributed by atoms with van der Waals surface area (Å²) >= 11 is 0. The predicted molar refractivity (Wildman–Crippen MR) is 121 cm³/mol. The highest BCUT2D eigenvalue weighted by atomic mass is 19.1. The van der Waals surface area contributed by atoms with E-state index in [1.807, 2.05) is 20.3 Å². The maximum atomic E-state index is 13.2. The van der Waals surface area contributed by atoms with Crippen molar-refractivity contribution in [3.63, 3.8) is 0 Å². The van der Waals surface area contributed by atoms with Gasteiger partial charge in [-0.15, -0.1) is 0 Å². The van der Waals surface area contributed by atoms with Crippen molar-refractivity contribution in [1.82, 2.24) is 25.3 Å². The van der Waals surface area contributed by atoms with Crippen LogP contribution in [0.25, 0.3) is 0 Å². The Labute approximate surface area is 185 Å². The first kappa shape index (κ1) is 23.4. The average Bonchev–Trinajstić information content (AvgIpc) is 3.21. The molecule has 1 amide bonds. The number of aromatic nitrogens is 2. The second-order valence-corrected chi connectivity index (χ2v) is 9.27. The van der Waals surface area contributed by atoms with Crippen molar-refractivity contribution in [1.29, 1.82) is 0 Å². The Morgan fingerprint density at radius 3 is 2.55 bits per heavy atom. The molecule has 0 bridgehead atoms. The van der Waals surface area contributed by atoms with E-state index >= 15 is 0 Å². The first-order valence-corrected chi connectivity index (χ1v) is 11.2. The Bertz CT molecular complexity index is 842. The summed E-state index contributed by atoms with van der Waals surface area (Å²) in [7, 11) is 5.94. The highest BCUT2D eigenvalue weighted by molar-refractivity contribution is 5.82. The Balaban J connectivity index is 1.57. The molecule has 6 nitrogen and oxygen atoms in total. The van der Waals surface area contributed by atoms with Gasteiger partial charge in [0.15, 0.2) is 0 Å². The molecule has 0 spiro atoms. The van der Waals surface area contributed by atoms with Crippen LogP contribution in [0.2, 0.25) is 0 Å². The van der Waals surface area contributed by atoms with Crippen molar-refractivity contribution in [2.24, 2.45) is 5.41 Å². The molecule has 1 aromatic heterocycles. The van der Waals surface area contributed by atoms with Crippen molar-refractivity contribution >= 4 is 5.91 Å². The van der Waals surface area contributed by atoms with E-state index in [0.717, 1.165) is 50.9 Å². The van der Waals surface area contributed by atoms with Crippen LogP contribution in [0, 0.1) is 11.2 Å². The van der Waals surface area contributed by atoms with Gasteiger partial charge in [0.2, 0.25) is 5.91 Å². The smallest absolute Gasteiger partial charge is 0.228 e. The molecule has 2 N–H and O–H groups in total. The first-order valence-electron chi connectivity index (χ1n) is 11.2. The summed E-state index contributed by atoms with van der Waals surface area (Å²) in [5, 5.41) is 10.7. The van der Waals surface area contributed by atoms with Crippen molar-refractivity contribution in [3.8, 4) is 0 Å². The molecule has 0 atom stereocenters. The zero-order chi connectivity index (χ0) is 22.4. The van der Waals surface area contributed by atoms with Crippen LogP contribution in [0.3, 0.4) is 0 Å². The Morgan fingerprint density at radius 1 is 1.23 bits per heavy atom. The molecule has 1 saturated carbocycles. The molecule has 0 radical (unpaired) electrons. The van der Waals surface area contributed by atoms with E-state index in [2.05, 4.69) is 34.4 Å². The molecule has 0 saturated heterocycles. The fourth-order valence-electron chi connectivity index (χ4n) is 4.63. The van der Waals surface area contributed by atoms with Gasteiger partial charge in [0.1, 0.15) is 5.82 Å². The van der Waals surface area contributed by atoms with Crippen LogP contribution in [0.1, 0.15) is 55.3 Å². The Morgan fingerprint density at radius 2 is 1.90 bits per heavy atom. The highest BCUT2D eigenvalue weighted by Gasteiger charge is 2.40. The van der Waals surface area contributed by atoms with Crippen molar-refractivity contribution in [3.05, 3.63) is 53.1 Å². The number of hydrogen-bond donors (Lipinski definition) is 2. The molecule has 170 valence electrons. The topological polar surface area (TPSA) is 64.3 Å². The summed E-state index contributed by atoms with van der Waals surface area (Å²) < 4.78 is 13.1. The van der Waals surface area contributed by atoms with E-state index in [9.17, 15) is 9.18 Å². The summed E-state index contributed by atoms with van der Waals surface area (Å²) in [5.41, 5.74) is 3.08. The second kappa shape index (κ2) is 10.4. The monoisotopic (exact) mass is 429 g/mol. The molecule has 1 aromatic carbocycles. The van der Waals surface area contributed by atoms with E-state index in [0.29, 0.717) is 12.5 Å². The molecule has 0 aliphatic heterocycles. The van der Waals surface area contributed by atoms with Gasteiger partial charge >= 0.3 is 0 Å². The van der Waals surface area contributed by atoms with E-state index in [1.165, 1.54) is 23.4 Å².